The highest BCUT2D eigenvalue weighted by atomic mass is 15.1. The van der Waals surface area contributed by atoms with E-state index in [2.05, 4.69) is 60.9 Å². The van der Waals surface area contributed by atoms with Gasteiger partial charge in [0.05, 0.1) is 11.0 Å². The monoisotopic (exact) mass is 279 g/mol. The Morgan fingerprint density at radius 2 is 1.90 bits per heavy atom. The van der Waals surface area contributed by atoms with Gasteiger partial charge < -0.3 is 10.3 Å². The normalized spacial score (nSPS) is 12.7. The largest absolute Gasteiger partial charge is 0.328 e. The zero-order valence-corrected chi connectivity index (χ0v) is 12.6. The van der Waals surface area contributed by atoms with Crippen LogP contribution in [-0.4, -0.2) is 9.55 Å². The van der Waals surface area contributed by atoms with Crippen LogP contribution in [0.4, 0.5) is 0 Å². The number of fused-ring (bicyclic) bond motifs is 1. The topological polar surface area (TPSA) is 43.8 Å². The Balaban J connectivity index is 2.13. The van der Waals surface area contributed by atoms with Crippen molar-refractivity contribution in [2.75, 3.05) is 0 Å². The lowest BCUT2D eigenvalue weighted by Crippen LogP contribution is -2.07. The van der Waals surface area contributed by atoms with Crippen LogP contribution in [0.3, 0.4) is 0 Å². The Morgan fingerprint density at radius 1 is 1.14 bits per heavy atom. The minimum absolute atomic E-state index is 0.278. The van der Waals surface area contributed by atoms with Crippen LogP contribution < -0.4 is 5.73 Å². The maximum Gasteiger partial charge on any atom is 0.117 e. The molecule has 0 radical (unpaired) electrons. The van der Waals surface area contributed by atoms with Gasteiger partial charge in [0.2, 0.25) is 0 Å². The number of rotatable bonds is 4. The average molecular weight is 279 g/mol. The van der Waals surface area contributed by atoms with Gasteiger partial charge in [0.1, 0.15) is 5.82 Å². The van der Waals surface area contributed by atoms with E-state index in [1.165, 1.54) is 11.1 Å². The molecule has 3 rings (SSSR count). The second-order valence-electron chi connectivity index (χ2n) is 5.37. The van der Waals surface area contributed by atoms with Crippen molar-refractivity contribution in [1.29, 1.82) is 0 Å². The standard InChI is InChI=1S/C18H21N3/c1-3-21-17-10-9-14(12-19)11-16(17)20-18(21)13(2)15-7-5-4-6-8-15/h4-11,13H,3,12,19H2,1-2H3. The van der Waals surface area contributed by atoms with Gasteiger partial charge >= 0.3 is 0 Å². The summed E-state index contributed by atoms with van der Waals surface area (Å²) in [6.45, 7) is 5.86. The van der Waals surface area contributed by atoms with E-state index in [1.54, 1.807) is 0 Å². The predicted molar refractivity (Wildman–Crippen MR) is 87.3 cm³/mol. The van der Waals surface area contributed by atoms with Crippen molar-refractivity contribution in [2.45, 2.75) is 32.9 Å². The summed E-state index contributed by atoms with van der Waals surface area (Å²) in [4.78, 5) is 4.88. The second kappa shape index (κ2) is 5.70. The van der Waals surface area contributed by atoms with Gasteiger partial charge in [0.15, 0.2) is 0 Å². The number of hydrogen-bond acceptors (Lipinski definition) is 2. The molecular formula is C18H21N3. The van der Waals surface area contributed by atoms with E-state index >= 15 is 0 Å². The van der Waals surface area contributed by atoms with Crippen molar-refractivity contribution in [1.82, 2.24) is 9.55 Å². The summed E-state index contributed by atoms with van der Waals surface area (Å²) < 4.78 is 2.30. The van der Waals surface area contributed by atoms with Gasteiger partial charge in [-0.25, -0.2) is 4.98 Å². The Morgan fingerprint density at radius 3 is 2.57 bits per heavy atom. The first kappa shape index (κ1) is 13.8. The molecule has 0 bridgehead atoms. The molecule has 3 heteroatoms. The van der Waals surface area contributed by atoms with Crippen LogP contribution in [0.5, 0.6) is 0 Å². The molecule has 3 nitrogen and oxygen atoms in total. The number of hydrogen-bond donors (Lipinski definition) is 1. The molecule has 1 unspecified atom stereocenters. The lowest BCUT2D eigenvalue weighted by molar-refractivity contribution is 0.685. The van der Waals surface area contributed by atoms with Crippen molar-refractivity contribution in [3.8, 4) is 0 Å². The third kappa shape index (κ3) is 2.45. The molecule has 2 N–H and O–H groups in total. The molecule has 1 atom stereocenters. The Hall–Kier alpha value is -2.13. The van der Waals surface area contributed by atoms with Crippen molar-refractivity contribution in [2.24, 2.45) is 5.73 Å². The van der Waals surface area contributed by atoms with Gasteiger partial charge in [-0.05, 0) is 30.2 Å². The molecule has 0 aliphatic rings. The van der Waals surface area contributed by atoms with Crippen LogP contribution in [0.25, 0.3) is 11.0 Å². The summed E-state index contributed by atoms with van der Waals surface area (Å²) in [6, 6.07) is 16.9. The second-order valence-corrected chi connectivity index (χ2v) is 5.37. The highest BCUT2D eigenvalue weighted by Gasteiger charge is 2.17. The van der Waals surface area contributed by atoms with E-state index in [-0.39, 0.29) is 5.92 Å². The molecule has 0 fully saturated rings. The van der Waals surface area contributed by atoms with Crippen LogP contribution in [-0.2, 0) is 13.1 Å². The number of imidazole rings is 1. The third-order valence-electron chi connectivity index (χ3n) is 4.08. The number of nitrogens with zero attached hydrogens (tertiary/aromatic N) is 2. The summed E-state index contributed by atoms with van der Waals surface area (Å²) >= 11 is 0. The lowest BCUT2D eigenvalue weighted by atomic mass is 10.0. The first-order valence-corrected chi connectivity index (χ1v) is 7.48. The van der Waals surface area contributed by atoms with E-state index in [0.29, 0.717) is 6.54 Å². The fourth-order valence-electron chi connectivity index (χ4n) is 2.87. The van der Waals surface area contributed by atoms with Crippen LogP contribution in [0.2, 0.25) is 0 Å². The number of nitrogens with two attached hydrogens (primary N) is 1. The minimum Gasteiger partial charge on any atom is -0.328 e. The highest BCUT2D eigenvalue weighted by molar-refractivity contribution is 5.77. The first-order chi connectivity index (χ1) is 10.2. The summed E-state index contributed by atoms with van der Waals surface area (Å²) in [5.74, 6) is 1.40. The van der Waals surface area contributed by atoms with Gasteiger partial charge in [-0.2, -0.15) is 0 Å². The van der Waals surface area contributed by atoms with Crippen molar-refractivity contribution in [3.63, 3.8) is 0 Å². The molecule has 2 aromatic carbocycles. The van der Waals surface area contributed by atoms with Gasteiger partial charge in [0.25, 0.3) is 0 Å². The Labute approximate surface area is 125 Å². The quantitative estimate of drug-likeness (QED) is 0.792. The van der Waals surface area contributed by atoms with Crippen LogP contribution in [0.1, 0.15) is 36.7 Å². The van der Waals surface area contributed by atoms with Gasteiger partial charge in [-0.1, -0.05) is 43.3 Å². The van der Waals surface area contributed by atoms with E-state index in [0.717, 1.165) is 23.4 Å². The van der Waals surface area contributed by atoms with Crippen LogP contribution in [0, 0.1) is 0 Å². The predicted octanol–water partition coefficient (Wildman–Crippen LogP) is 3.67. The fraction of sp³-hybridized carbons (Fsp3) is 0.278. The Kier molecular flexibility index (Phi) is 3.76. The van der Waals surface area contributed by atoms with Crippen molar-refractivity contribution < 1.29 is 0 Å². The number of benzene rings is 2. The van der Waals surface area contributed by atoms with Gasteiger partial charge in [-0.15, -0.1) is 0 Å². The highest BCUT2D eigenvalue weighted by Crippen LogP contribution is 2.27. The molecular weight excluding hydrogens is 258 g/mol. The van der Waals surface area contributed by atoms with E-state index < -0.39 is 0 Å². The average Bonchev–Trinajstić information content (AvgIpc) is 2.92. The molecule has 0 saturated carbocycles. The fourth-order valence-corrected chi connectivity index (χ4v) is 2.87. The molecule has 1 aromatic heterocycles. The van der Waals surface area contributed by atoms with Gasteiger partial charge in [0, 0.05) is 19.0 Å². The molecule has 0 amide bonds. The zero-order valence-electron chi connectivity index (χ0n) is 12.6. The smallest absolute Gasteiger partial charge is 0.117 e. The third-order valence-corrected chi connectivity index (χ3v) is 4.08. The summed E-state index contributed by atoms with van der Waals surface area (Å²) in [7, 11) is 0. The molecule has 0 aliphatic heterocycles. The number of aromatic nitrogens is 2. The van der Waals surface area contributed by atoms with E-state index in [9.17, 15) is 0 Å². The lowest BCUT2D eigenvalue weighted by Gasteiger charge is -2.13. The maximum atomic E-state index is 5.73. The van der Waals surface area contributed by atoms with Crippen molar-refractivity contribution in [3.05, 3.63) is 65.5 Å². The van der Waals surface area contributed by atoms with Crippen LogP contribution >= 0.6 is 0 Å². The van der Waals surface area contributed by atoms with Crippen molar-refractivity contribution >= 4 is 11.0 Å². The summed E-state index contributed by atoms with van der Waals surface area (Å²) in [5, 5.41) is 0. The molecule has 1 heterocycles. The maximum absolute atomic E-state index is 5.73. The number of aryl methyl sites for hydroxylation is 1. The van der Waals surface area contributed by atoms with Crippen LogP contribution in [0.15, 0.2) is 48.5 Å². The molecule has 0 spiro atoms. The summed E-state index contributed by atoms with van der Waals surface area (Å²) in [5.41, 5.74) is 10.4. The van der Waals surface area contributed by atoms with E-state index in [1.807, 2.05) is 6.07 Å². The minimum atomic E-state index is 0.278. The molecule has 108 valence electrons. The Bertz CT molecular complexity index is 744. The molecule has 21 heavy (non-hydrogen) atoms. The zero-order chi connectivity index (χ0) is 14.8. The molecule has 3 aromatic rings. The first-order valence-electron chi connectivity index (χ1n) is 7.48. The molecule has 0 saturated heterocycles. The SMILES string of the molecule is CCn1c(C(C)c2ccccc2)nc2cc(CN)ccc21. The summed E-state index contributed by atoms with van der Waals surface area (Å²) in [6.07, 6.45) is 0. The molecule has 0 aliphatic carbocycles. The van der Waals surface area contributed by atoms with E-state index in [4.69, 9.17) is 10.7 Å². The van der Waals surface area contributed by atoms with Gasteiger partial charge in [-0.3, -0.25) is 0 Å².